The van der Waals surface area contributed by atoms with Crippen LogP contribution in [0.15, 0.2) is 17.0 Å². The SMILES string of the molecule is Cc1cc(O)c(SOOO)cc1NC(=O)CCI. The quantitative estimate of drug-likeness (QED) is 0.174. The molecule has 1 amide bonds. The summed E-state index contributed by atoms with van der Waals surface area (Å²) in [4.78, 5) is 11.8. The Morgan fingerprint density at radius 3 is 2.89 bits per heavy atom. The molecular weight excluding hydrogens is 373 g/mol. The summed E-state index contributed by atoms with van der Waals surface area (Å²) in [5, 5.41) is 23.9. The Morgan fingerprint density at radius 1 is 1.56 bits per heavy atom. The van der Waals surface area contributed by atoms with Crippen LogP contribution < -0.4 is 5.32 Å². The Balaban J connectivity index is 2.86. The standard InChI is InChI=1S/C10H12INO5S/c1-6-4-8(13)9(18-17-16-15)5-7(6)12-10(14)2-3-11/h4-5,13,15H,2-3H2,1H3,(H,12,14). The van der Waals surface area contributed by atoms with Gasteiger partial charge in [0.05, 0.1) is 16.9 Å². The van der Waals surface area contributed by atoms with Crippen LogP contribution in [0.3, 0.4) is 0 Å². The lowest BCUT2D eigenvalue weighted by molar-refractivity contribution is -0.432. The predicted octanol–water partition coefficient (Wildman–Crippen LogP) is 2.89. The van der Waals surface area contributed by atoms with Gasteiger partial charge in [0.25, 0.3) is 0 Å². The summed E-state index contributed by atoms with van der Waals surface area (Å²) in [6.45, 7) is 1.76. The van der Waals surface area contributed by atoms with Crippen molar-refractivity contribution in [3.8, 4) is 5.75 Å². The van der Waals surface area contributed by atoms with E-state index in [1.54, 1.807) is 13.0 Å². The number of rotatable bonds is 6. The molecule has 0 saturated heterocycles. The van der Waals surface area contributed by atoms with Crippen molar-refractivity contribution in [2.45, 2.75) is 18.2 Å². The maximum Gasteiger partial charge on any atom is 0.225 e. The van der Waals surface area contributed by atoms with Gasteiger partial charge in [-0.1, -0.05) is 27.6 Å². The Bertz CT molecular complexity index is 429. The Morgan fingerprint density at radius 2 is 2.28 bits per heavy atom. The molecule has 18 heavy (non-hydrogen) atoms. The largest absolute Gasteiger partial charge is 0.507 e. The normalized spacial score (nSPS) is 10.4. The molecule has 0 aromatic heterocycles. The third kappa shape index (κ3) is 4.61. The lowest BCUT2D eigenvalue weighted by Crippen LogP contribution is -2.12. The van der Waals surface area contributed by atoms with E-state index in [1.165, 1.54) is 6.07 Å². The Kier molecular flexibility index (Phi) is 6.71. The summed E-state index contributed by atoms with van der Waals surface area (Å²) < 4.78 is 4.97. The smallest absolute Gasteiger partial charge is 0.225 e. The first-order chi connectivity index (χ1) is 8.58. The van der Waals surface area contributed by atoms with Crippen LogP contribution in [0.4, 0.5) is 5.69 Å². The number of aromatic hydroxyl groups is 1. The summed E-state index contributed by atoms with van der Waals surface area (Å²) in [7, 11) is 0. The van der Waals surface area contributed by atoms with Crippen LogP contribution in [0.2, 0.25) is 0 Å². The molecule has 8 heteroatoms. The van der Waals surface area contributed by atoms with Crippen molar-refractivity contribution in [2.75, 3.05) is 9.74 Å². The summed E-state index contributed by atoms with van der Waals surface area (Å²) in [5.74, 6) is -0.130. The maximum absolute atomic E-state index is 11.5. The number of alkyl halides is 1. The molecule has 0 aliphatic heterocycles. The van der Waals surface area contributed by atoms with E-state index in [1.807, 2.05) is 0 Å². The Hall–Kier alpha value is -0.550. The molecule has 0 aliphatic rings. The van der Waals surface area contributed by atoms with Gasteiger partial charge in [-0.25, -0.2) is 5.26 Å². The van der Waals surface area contributed by atoms with Crippen LogP contribution in [0, 0.1) is 6.92 Å². The minimum Gasteiger partial charge on any atom is -0.507 e. The predicted molar refractivity (Wildman–Crippen MR) is 75.6 cm³/mol. The highest BCUT2D eigenvalue weighted by Crippen LogP contribution is 2.34. The second-order valence-corrected chi connectivity index (χ2v) is 5.17. The van der Waals surface area contributed by atoms with E-state index in [0.717, 1.165) is 9.99 Å². The highest BCUT2D eigenvalue weighted by Gasteiger charge is 2.10. The molecule has 0 atom stereocenters. The first-order valence-corrected chi connectivity index (χ1v) is 7.19. The Labute approximate surface area is 122 Å². The van der Waals surface area contributed by atoms with Crippen molar-refractivity contribution in [1.29, 1.82) is 0 Å². The molecule has 0 saturated carbocycles. The number of hydrogen-bond acceptors (Lipinski definition) is 6. The molecule has 1 rings (SSSR count). The number of halogens is 1. The van der Waals surface area contributed by atoms with E-state index in [2.05, 4.69) is 37.3 Å². The number of carbonyl (C=O) groups is 1. The number of amides is 1. The fourth-order valence-electron chi connectivity index (χ4n) is 1.22. The highest BCUT2D eigenvalue weighted by molar-refractivity contribution is 14.1. The van der Waals surface area contributed by atoms with Gasteiger partial charge in [-0.2, -0.15) is 0 Å². The first kappa shape index (κ1) is 15.5. The van der Waals surface area contributed by atoms with Crippen molar-refractivity contribution in [1.82, 2.24) is 0 Å². The highest BCUT2D eigenvalue weighted by atomic mass is 127. The monoisotopic (exact) mass is 385 g/mol. The number of anilines is 1. The lowest BCUT2D eigenvalue weighted by atomic mass is 10.2. The molecule has 6 nitrogen and oxygen atoms in total. The molecule has 0 spiro atoms. The van der Waals surface area contributed by atoms with Gasteiger partial charge in [-0.15, -0.1) is 4.33 Å². The molecule has 1 aromatic carbocycles. The van der Waals surface area contributed by atoms with Crippen LogP contribution in [0.5, 0.6) is 5.75 Å². The molecule has 0 fully saturated rings. The minimum absolute atomic E-state index is 0.0264. The number of phenols is 1. The fraction of sp³-hybridized carbons (Fsp3) is 0.300. The van der Waals surface area contributed by atoms with Crippen molar-refractivity contribution in [3.05, 3.63) is 17.7 Å². The summed E-state index contributed by atoms with van der Waals surface area (Å²) in [6, 6.07) is 3.03. The topological polar surface area (TPSA) is 88.0 Å². The number of benzene rings is 1. The van der Waals surface area contributed by atoms with Gasteiger partial charge in [-0.05, 0) is 24.6 Å². The molecule has 1 aromatic rings. The maximum atomic E-state index is 11.5. The molecule has 0 bridgehead atoms. The van der Waals surface area contributed by atoms with Gasteiger partial charge < -0.3 is 10.4 Å². The van der Waals surface area contributed by atoms with Crippen molar-refractivity contribution < 1.29 is 24.5 Å². The van der Waals surface area contributed by atoms with Crippen molar-refractivity contribution in [3.63, 3.8) is 0 Å². The van der Waals surface area contributed by atoms with Crippen LogP contribution in [-0.2, 0) is 14.2 Å². The molecule has 100 valence electrons. The number of aryl methyl sites for hydroxylation is 1. The third-order valence-electron chi connectivity index (χ3n) is 2.06. The van der Waals surface area contributed by atoms with Crippen molar-refractivity contribution in [2.24, 2.45) is 0 Å². The zero-order valence-corrected chi connectivity index (χ0v) is 12.4. The average molecular weight is 385 g/mol. The van der Waals surface area contributed by atoms with Gasteiger partial charge in [0, 0.05) is 16.5 Å². The molecule has 3 N–H and O–H groups in total. The molecule has 0 unspecified atom stereocenters. The van der Waals surface area contributed by atoms with E-state index >= 15 is 0 Å². The van der Waals surface area contributed by atoms with Gasteiger partial charge in [0.2, 0.25) is 5.91 Å². The van der Waals surface area contributed by atoms with E-state index in [4.69, 9.17) is 5.26 Å². The van der Waals surface area contributed by atoms with Crippen LogP contribution in [0.1, 0.15) is 12.0 Å². The van der Waals surface area contributed by atoms with E-state index in [0.29, 0.717) is 29.0 Å². The number of nitrogens with one attached hydrogen (secondary N) is 1. The molecular formula is C10H12INO5S. The van der Waals surface area contributed by atoms with Gasteiger partial charge >= 0.3 is 0 Å². The fourth-order valence-corrected chi connectivity index (χ4v) is 2.13. The summed E-state index contributed by atoms with van der Waals surface area (Å²) in [5.41, 5.74) is 1.30. The van der Waals surface area contributed by atoms with E-state index in [9.17, 15) is 9.90 Å². The van der Waals surface area contributed by atoms with Gasteiger partial charge in [0.1, 0.15) is 5.75 Å². The molecule has 0 heterocycles. The number of carbonyl (C=O) groups excluding carboxylic acids is 1. The second kappa shape index (κ2) is 7.79. The average Bonchev–Trinajstić information content (AvgIpc) is 2.31. The summed E-state index contributed by atoms with van der Waals surface area (Å²) >= 11 is 2.75. The second-order valence-electron chi connectivity index (χ2n) is 3.35. The van der Waals surface area contributed by atoms with E-state index in [-0.39, 0.29) is 11.7 Å². The van der Waals surface area contributed by atoms with Crippen LogP contribution >= 0.6 is 34.6 Å². The number of phenolic OH excluding ortho intramolecular Hbond substituents is 1. The zero-order valence-electron chi connectivity index (χ0n) is 9.47. The van der Waals surface area contributed by atoms with Gasteiger partial charge in [-0.3, -0.25) is 4.79 Å². The van der Waals surface area contributed by atoms with Crippen LogP contribution in [0.25, 0.3) is 0 Å². The third-order valence-corrected chi connectivity index (χ3v) is 3.23. The van der Waals surface area contributed by atoms with Gasteiger partial charge in [0.15, 0.2) is 0 Å². The first-order valence-electron chi connectivity index (χ1n) is 4.92. The lowest BCUT2D eigenvalue weighted by Gasteiger charge is -2.10. The zero-order chi connectivity index (χ0) is 13.5. The van der Waals surface area contributed by atoms with E-state index < -0.39 is 0 Å². The minimum atomic E-state index is -0.103. The van der Waals surface area contributed by atoms with Crippen LogP contribution in [-0.4, -0.2) is 20.7 Å². The number of hydrogen-bond donors (Lipinski definition) is 3. The summed E-state index contributed by atoms with van der Waals surface area (Å²) in [6.07, 6.45) is 0.416. The van der Waals surface area contributed by atoms with Crippen molar-refractivity contribution >= 4 is 46.2 Å². The molecule has 0 aliphatic carbocycles. The molecule has 0 radical (unpaired) electrons.